The number of aliphatic hydroxyl groups excluding tert-OH is 1. The monoisotopic (exact) mass is 393 g/mol. The highest BCUT2D eigenvalue weighted by Gasteiger charge is 2.52. The lowest BCUT2D eigenvalue weighted by Gasteiger charge is -2.34. The molecule has 6 nitrogen and oxygen atoms in total. The molecular weight excluding hydrogens is 366 g/mol. The molecule has 1 saturated heterocycles. The predicted octanol–water partition coefficient (Wildman–Crippen LogP) is 2.60. The Kier molecular flexibility index (Phi) is 4.08. The molecular formula is C23H27N3O3. The Morgan fingerprint density at radius 2 is 2.21 bits per heavy atom. The number of hydrogen-bond donors (Lipinski definition) is 2. The Morgan fingerprint density at radius 3 is 3.14 bits per heavy atom. The molecule has 4 heterocycles. The quantitative estimate of drug-likeness (QED) is 0.836. The molecule has 2 N–H and O–H groups in total. The molecule has 3 aliphatic heterocycles. The second kappa shape index (κ2) is 6.69. The van der Waals surface area contributed by atoms with E-state index in [1.54, 1.807) is 0 Å². The summed E-state index contributed by atoms with van der Waals surface area (Å²) in [5, 5.41) is 13.1. The first-order valence-electron chi connectivity index (χ1n) is 10.7. The van der Waals surface area contributed by atoms with Gasteiger partial charge in [0.05, 0.1) is 18.9 Å². The minimum atomic E-state index is -0.582. The number of aliphatic hydroxyl groups is 1. The molecule has 4 aliphatic rings. The summed E-state index contributed by atoms with van der Waals surface area (Å²) in [6, 6.07) is 9.08. The van der Waals surface area contributed by atoms with Gasteiger partial charge in [0.25, 0.3) is 0 Å². The van der Waals surface area contributed by atoms with Gasteiger partial charge >= 0.3 is 0 Å². The zero-order valence-corrected chi connectivity index (χ0v) is 16.7. The van der Waals surface area contributed by atoms with E-state index in [1.165, 1.54) is 17.5 Å². The highest BCUT2D eigenvalue weighted by atomic mass is 16.5. The van der Waals surface area contributed by atoms with Gasteiger partial charge < -0.3 is 19.5 Å². The molecule has 1 saturated carbocycles. The van der Waals surface area contributed by atoms with Crippen molar-refractivity contribution >= 4 is 5.82 Å². The SMILES string of the molecule is Cc1cc2c(nc1N1CCC(Oc3ccc4c(c3)CCOC4)C3CC31)CNC2O. The lowest BCUT2D eigenvalue weighted by Crippen LogP contribution is -2.40. The van der Waals surface area contributed by atoms with Crippen LogP contribution in [0.5, 0.6) is 5.75 Å². The highest BCUT2D eigenvalue weighted by molar-refractivity contribution is 5.53. The topological polar surface area (TPSA) is 66.9 Å². The van der Waals surface area contributed by atoms with Crippen LogP contribution in [0.1, 0.15) is 47.0 Å². The number of hydrogen-bond acceptors (Lipinski definition) is 6. The highest BCUT2D eigenvalue weighted by Crippen LogP contribution is 2.47. The molecule has 29 heavy (non-hydrogen) atoms. The first kappa shape index (κ1) is 17.7. The first-order valence-corrected chi connectivity index (χ1v) is 10.7. The van der Waals surface area contributed by atoms with E-state index in [2.05, 4.69) is 41.4 Å². The summed E-state index contributed by atoms with van der Waals surface area (Å²) in [7, 11) is 0. The van der Waals surface area contributed by atoms with Crippen LogP contribution < -0.4 is 15.0 Å². The van der Waals surface area contributed by atoms with Crippen LogP contribution in [0.2, 0.25) is 0 Å². The third-order valence-electron chi connectivity index (χ3n) is 6.90. The number of ether oxygens (including phenoxy) is 2. The lowest BCUT2D eigenvalue weighted by atomic mass is 10.0. The molecule has 1 aromatic heterocycles. The van der Waals surface area contributed by atoms with Crippen molar-refractivity contribution in [2.45, 2.75) is 57.7 Å². The zero-order chi connectivity index (χ0) is 19.5. The fraction of sp³-hybridized carbons (Fsp3) is 0.522. The lowest BCUT2D eigenvalue weighted by molar-refractivity contribution is 0.110. The number of aryl methyl sites for hydroxylation is 1. The van der Waals surface area contributed by atoms with Gasteiger partial charge in [-0.3, -0.25) is 5.32 Å². The Bertz CT molecular complexity index is 963. The maximum absolute atomic E-state index is 10.0. The van der Waals surface area contributed by atoms with Crippen molar-refractivity contribution in [2.24, 2.45) is 5.92 Å². The normalized spacial score (nSPS) is 29.8. The van der Waals surface area contributed by atoms with E-state index in [9.17, 15) is 5.11 Å². The molecule has 0 spiro atoms. The van der Waals surface area contributed by atoms with Gasteiger partial charge in [0.15, 0.2) is 0 Å². The fourth-order valence-corrected chi connectivity index (χ4v) is 5.24. The summed E-state index contributed by atoms with van der Waals surface area (Å²) in [6.45, 7) is 5.23. The third kappa shape index (κ3) is 3.01. The van der Waals surface area contributed by atoms with Gasteiger partial charge in [-0.1, -0.05) is 6.07 Å². The molecule has 1 aromatic carbocycles. The molecule has 2 fully saturated rings. The minimum Gasteiger partial charge on any atom is -0.490 e. The maximum Gasteiger partial charge on any atom is 0.133 e. The van der Waals surface area contributed by atoms with Crippen LogP contribution in [0.15, 0.2) is 24.3 Å². The van der Waals surface area contributed by atoms with Gasteiger partial charge in [0.1, 0.15) is 23.9 Å². The van der Waals surface area contributed by atoms with E-state index in [0.717, 1.165) is 61.0 Å². The second-order valence-corrected chi connectivity index (χ2v) is 8.79. The number of nitrogens with zero attached hydrogens (tertiary/aromatic N) is 2. The largest absolute Gasteiger partial charge is 0.490 e. The van der Waals surface area contributed by atoms with Crippen LogP contribution >= 0.6 is 0 Å². The molecule has 2 aromatic rings. The predicted molar refractivity (Wildman–Crippen MR) is 109 cm³/mol. The zero-order valence-electron chi connectivity index (χ0n) is 16.7. The van der Waals surface area contributed by atoms with Crippen molar-refractivity contribution in [3.05, 3.63) is 52.2 Å². The van der Waals surface area contributed by atoms with Gasteiger partial charge in [0, 0.05) is 37.0 Å². The molecule has 6 rings (SSSR count). The Hall–Kier alpha value is -2.15. The fourth-order valence-electron chi connectivity index (χ4n) is 5.24. The van der Waals surface area contributed by atoms with Crippen LogP contribution in [0.25, 0.3) is 0 Å². The summed E-state index contributed by atoms with van der Waals surface area (Å²) in [5.41, 5.74) is 5.71. The first-order chi connectivity index (χ1) is 14.2. The minimum absolute atomic E-state index is 0.285. The van der Waals surface area contributed by atoms with Crippen molar-refractivity contribution in [2.75, 3.05) is 18.1 Å². The van der Waals surface area contributed by atoms with Crippen LogP contribution in [-0.2, 0) is 24.3 Å². The standard InChI is InChI=1S/C23H27N3O3/c1-13-8-17-19(11-24-23(17)27)25-22(13)26-6-4-21(18-10-20(18)26)29-16-3-2-15-12-28-7-5-14(15)9-16/h2-3,8-9,18,20-21,23-24,27H,4-7,10-12H2,1H3. The van der Waals surface area contributed by atoms with Gasteiger partial charge in [-0.2, -0.15) is 0 Å². The number of benzene rings is 1. The van der Waals surface area contributed by atoms with Gasteiger partial charge in [-0.15, -0.1) is 0 Å². The maximum atomic E-state index is 10.0. The van der Waals surface area contributed by atoms with Crippen molar-refractivity contribution in [3.63, 3.8) is 0 Å². The number of rotatable bonds is 3. The van der Waals surface area contributed by atoms with Gasteiger partial charge in [0.2, 0.25) is 0 Å². The summed E-state index contributed by atoms with van der Waals surface area (Å²) >= 11 is 0. The number of aromatic nitrogens is 1. The number of pyridine rings is 1. The summed E-state index contributed by atoms with van der Waals surface area (Å²) in [5.74, 6) is 2.65. The average molecular weight is 393 g/mol. The van der Waals surface area contributed by atoms with Gasteiger partial charge in [-0.05, 0) is 54.7 Å². The van der Waals surface area contributed by atoms with Crippen molar-refractivity contribution < 1.29 is 14.6 Å². The van der Waals surface area contributed by atoms with Crippen LogP contribution in [0.4, 0.5) is 5.82 Å². The number of fused-ring (bicyclic) bond motifs is 3. The molecule has 0 amide bonds. The number of piperidine rings is 1. The Balaban J connectivity index is 1.17. The summed E-state index contributed by atoms with van der Waals surface area (Å²) in [6.07, 6.45) is 2.86. The third-order valence-corrected chi connectivity index (χ3v) is 6.90. The smallest absolute Gasteiger partial charge is 0.133 e. The van der Waals surface area contributed by atoms with E-state index < -0.39 is 6.23 Å². The van der Waals surface area contributed by atoms with Crippen LogP contribution in [0, 0.1) is 12.8 Å². The van der Waals surface area contributed by atoms with Crippen LogP contribution in [0.3, 0.4) is 0 Å². The molecule has 0 radical (unpaired) electrons. The molecule has 6 heteroatoms. The molecule has 0 bridgehead atoms. The molecule has 4 atom stereocenters. The molecule has 152 valence electrons. The van der Waals surface area contributed by atoms with Crippen molar-refractivity contribution in [1.82, 2.24) is 10.3 Å². The van der Waals surface area contributed by atoms with E-state index in [-0.39, 0.29) is 6.10 Å². The number of nitrogens with one attached hydrogen (secondary N) is 1. The van der Waals surface area contributed by atoms with E-state index >= 15 is 0 Å². The van der Waals surface area contributed by atoms with Crippen LogP contribution in [-0.4, -0.2) is 35.4 Å². The van der Waals surface area contributed by atoms with E-state index in [4.69, 9.17) is 14.5 Å². The Labute approximate surface area is 170 Å². The van der Waals surface area contributed by atoms with E-state index in [1.807, 2.05) is 0 Å². The molecule has 4 unspecified atom stereocenters. The van der Waals surface area contributed by atoms with Crippen molar-refractivity contribution in [1.29, 1.82) is 0 Å². The molecule has 1 aliphatic carbocycles. The average Bonchev–Trinajstić information content (AvgIpc) is 3.47. The van der Waals surface area contributed by atoms with Gasteiger partial charge in [-0.25, -0.2) is 4.98 Å². The second-order valence-electron chi connectivity index (χ2n) is 8.79. The van der Waals surface area contributed by atoms with E-state index in [0.29, 0.717) is 18.5 Å². The summed E-state index contributed by atoms with van der Waals surface area (Å²) in [4.78, 5) is 7.38. The summed E-state index contributed by atoms with van der Waals surface area (Å²) < 4.78 is 12.0. The Morgan fingerprint density at radius 1 is 1.28 bits per heavy atom. The van der Waals surface area contributed by atoms with Crippen molar-refractivity contribution in [3.8, 4) is 5.75 Å². The number of anilines is 1.